The lowest BCUT2D eigenvalue weighted by molar-refractivity contribution is -0.124. The van der Waals surface area contributed by atoms with Crippen LogP contribution < -0.4 is 10.0 Å². The molecule has 1 fully saturated rings. The van der Waals surface area contributed by atoms with Crippen LogP contribution in [-0.2, 0) is 20.2 Å². The molecule has 0 spiro atoms. The highest BCUT2D eigenvalue weighted by Crippen LogP contribution is 2.48. The van der Waals surface area contributed by atoms with Crippen molar-refractivity contribution in [1.82, 2.24) is 5.32 Å². The van der Waals surface area contributed by atoms with E-state index in [1.165, 1.54) is 0 Å². The lowest BCUT2D eigenvalue weighted by Gasteiger charge is -2.19. The maximum Gasteiger partial charge on any atom is 0.262 e. The molecule has 0 aromatic heterocycles. The first-order valence-corrected chi connectivity index (χ1v) is 10.8. The van der Waals surface area contributed by atoms with Crippen molar-refractivity contribution in [2.75, 3.05) is 4.72 Å². The predicted octanol–water partition coefficient (Wildman–Crippen LogP) is 3.74. The van der Waals surface area contributed by atoms with Crippen molar-refractivity contribution in [3.8, 4) is 0 Å². The van der Waals surface area contributed by atoms with E-state index in [0.717, 1.165) is 24.8 Å². The molecule has 2 aromatic rings. The highest BCUT2D eigenvalue weighted by Gasteiger charge is 2.51. The quantitative estimate of drug-likeness (QED) is 0.761. The number of anilines is 1. The van der Waals surface area contributed by atoms with Gasteiger partial charge in [0.15, 0.2) is 0 Å². The molecule has 0 heterocycles. The summed E-state index contributed by atoms with van der Waals surface area (Å²) in [6.07, 6.45) is 2.54. The Morgan fingerprint density at radius 1 is 1.11 bits per heavy atom. The molecular weight excluding hydrogens is 360 g/mol. The van der Waals surface area contributed by atoms with E-state index in [0.29, 0.717) is 11.3 Å². The van der Waals surface area contributed by atoms with E-state index in [1.807, 2.05) is 32.0 Å². The first kappa shape index (κ1) is 19.4. The van der Waals surface area contributed by atoms with Crippen molar-refractivity contribution in [3.63, 3.8) is 0 Å². The minimum Gasteiger partial charge on any atom is -0.353 e. The lowest BCUT2D eigenvalue weighted by atomic mass is 9.94. The highest BCUT2D eigenvalue weighted by atomic mass is 32.2. The van der Waals surface area contributed by atoms with Crippen LogP contribution in [0.1, 0.15) is 44.2 Å². The van der Waals surface area contributed by atoms with Crippen LogP contribution in [0.4, 0.5) is 5.69 Å². The van der Waals surface area contributed by atoms with E-state index >= 15 is 0 Å². The summed E-state index contributed by atoms with van der Waals surface area (Å²) in [5.41, 5.74) is 1.65. The van der Waals surface area contributed by atoms with Crippen LogP contribution in [0.3, 0.4) is 0 Å². The molecule has 1 atom stereocenters. The number of carbonyl (C=O) groups excluding carboxylic acids is 1. The molecule has 144 valence electrons. The van der Waals surface area contributed by atoms with Crippen molar-refractivity contribution in [2.24, 2.45) is 0 Å². The topological polar surface area (TPSA) is 75.3 Å². The zero-order valence-electron chi connectivity index (χ0n) is 16.0. The molecule has 5 nitrogen and oxygen atoms in total. The zero-order chi connectivity index (χ0) is 19.7. The third kappa shape index (κ3) is 4.00. The maximum absolute atomic E-state index is 12.6. The number of amides is 1. The average Bonchev–Trinajstić information content (AvgIpc) is 3.44. The third-order valence-electron chi connectivity index (χ3n) is 5.25. The second kappa shape index (κ2) is 7.35. The Kier molecular flexibility index (Phi) is 5.29. The summed E-state index contributed by atoms with van der Waals surface area (Å²) < 4.78 is 27.8. The summed E-state index contributed by atoms with van der Waals surface area (Å²) in [7, 11) is -3.64. The largest absolute Gasteiger partial charge is 0.353 e. The van der Waals surface area contributed by atoms with E-state index in [4.69, 9.17) is 0 Å². The minimum absolute atomic E-state index is 0.0603. The lowest BCUT2D eigenvalue weighted by Crippen LogP contribution is -2.39. The summed E-state index contributed by atoms with van der Waals surface area (Å²) in [4.78, 5) is 12.9. The normalized spacial score (nSPS) is 16.4. The van der Waals surface area contributed by atoms with Crippen molar-refractivity contribution in [3.05, 3.63) is 59.7 Å². The summed E-state index contributed by atoms with van der Waals surface area (Å²) in [6.45, 7) is 5.81. The molecule has 1 aliphatic carbocycles. The van der Waals surface area contributed by atoms with E-state index in [1.54, 1.807) is 37.3 Å². The van der Waals surface area contributed by atoms with Gasteiger partial charge in [-0.3, -0.25) is 9.52 Å². The Labute approximate surface area is 161 Å². The van der Waals surface area contributed by atoms with Gasteiger partial charge in [-0.2, -0.15) is 0 Å². The first-order chi connectivity index (χ1) is 12.8. The molecule has 1 aliphatic rings. The zero-order valence-corrected chi connectivity index (χ0v) is 16.8. The molecule has 6 heteroatoms. The summed E-state index contributed by atoms with van der Waals surface area (Å²) in [5.74, 6) is 0.0603. The van der Waals surface area contributed by atoms with Crippen LogP contribution in [-0.4, -0.2) is 20.4 Å². The summed E-state index contributed by atoms with van der Waals surface area (Å²) in [6, 6.07) is 14.2. The van der Waals surface area contributed by atoms with Crippen LogP contribution in [0.25, 0.3) is 0 Å². The van der Waals surface area contributed by atoms with E-state index < -0.39 is 15.4 Å². The second-order valence-corrected chi connectivity index (χ2v) is 8.96. The monoisotopic (exact) mass is 386 g/mol. The minimum atomic E-state index is -3.64. The Bertz CT molecular complexity index is 932. The SMILES string of the molecule is CC[C@H](C)NC(=O)C1(c2ccc(NS(=O)(=O)c3ccccc3C)cc2)CC1. The molecule has 0 unspecified atom stereocenters. The fourth-order valence-electron chi connectivity index (χ4n) is 3.16. The van der Waals surface area contributed by atoms with Crippen LogP contribution in [0.2, 0.25) is 0 Å². The van der Waals surface area contributed by atoms with Gasteiger partial charge in [0.2, 0.25) is 5.91 Å². The molecule has 27 heavy (non-hydrogen) atoms. The molecule has 0 bridgehead atoms. The Balaban J connectivity index is 1.76. The number of nitrogens with one attached hydrogen (secondary N) is 2. The smallest absolute Gasteiger partial charge is 0.262 e. The number of hydrogen-bond donors (Lipinski definition) is 2. The standard InChI is InChI=1S/C21H26N2O3S/c1-4-16(3)22-20(24)21(13-14-21)17-9-11-18(12-10-17)23-27(25,26)19-8-6-5-7-15(19)2/h5-12,16,23H,4,13-14H2,1-3H3,(H,22,24)/t16-/m0/s1. The van der Waals surface area contributed by atoms with Gasteiger partial charge in [-0.25, -0.2) is 8.42 Å². The molecular formula is C21H26N2O3S. The third-order valence-corrected chi connectivity index (χ3v) is 6.79. The maximum atomic E-state index is 12.6. The van der Waals surface area contributed by atoms with Gasteiger partial charge in [0.1, 0.15) is 0 Å². The summed E-state index contributed by atoms with van der Waals surface area (Å²) in [5, 5.41) is 3.06. The van der Waals surface area contributed by atoms with Gasteiger partial charge in [-0.05, 0) is 62.4 Å². The van der Waals surface area contributed by atoms with Gasteiger partial charge in [0, 0.05) is 11.7 Å². The molecule has 0 saturated heterocycles. The molecule has 1 saturated carbocycles. The van der Waals surface area contributed by atoms with Gasteiger partial charge >= 0.3 is 0 Å². The number of sulfonamides is 1. The number of rotatable bonds is 7. The van der Waals surface area contributed by atoms with Crippen LogP contribution in [0.5, 0.6) is 0 Å². The van der Waals surface area contributed by atoms with E-state index in [2.05, 4.69) is 10.0 Å². The fourth-order valence-corrected chi connectivity index (χ4v) is 4.47. The first-order valence-electron chi connectivity index (χ1n) is 9.28. The molecule has 2 N–H and O–H groups in total. The Morgan fingerprint density at radius 2 is 1.74 bits per heavy atom. The number of benzene rings is 2. The number of aryl methyl sites for hydroxylation is 1. The Morgan fingerprint density at radius 3 is 2.30 bits per heavy atom. The van der Waals surface area contributed by atoms with Crippen molar-refractivity contribution < 1.29 is 13.2 Å². The molecule has 3 rings (SSSR count). The predicted molar refractivity (Wildman–Crippen MR) is 107 cm³/mol. The molecule has 0 aliphatic heterocycles. The second-order valence-electron chi connectivity index (χ2n) is 7.31. The van der Waals surface area contributed by atoms with Crippen molar-refractivity contribution >= 4 is 21.6 Å². The molecule has 0 radical (unpaired) electrons. The van der Waals surface area contributed by atoms with Gasteiger partial charge < -0.3 is 5.32 Å². The summed E-state index contributed by atoms with van der Waals surface area (Å²) >= 11 is 0. The van der Waals surface area contributed by atoms with Crippen molar-refractivity contribution in [1.29, 1.82) is 0 Å². The highest BCUT2D eigenvalue weighted by molar-refractivity contribution is 7.92. The van der Waals surface area contributed by atoms with Crippen LogP contribution in [0, 0.1) is 6.92 Å². The van der Waals surface area contributed by atoms with E-state index in [-0.39, 0.29) is 16.8 Å². The van der Waals surface area contributed by atoms with Gasteiger partial charge in [0.05, 0.1) is 10.3 Å². The van der Waals surface area contributed by atoms with Crippen LogP contribution in [0.15, 0.2) is 53.4 Å². The van der Waals surface area contributed by atoms with Crippen molar-refractivity contribution in [2.45, 2.75) is 56.4 Å². The van der Waals surface area contributed by atoms with Crippen LogP contribution >= 0.6 is 0 Å². The fraction of sp³-hybridized carbons (Fsp3) is 0.381. The Hall–Kier alpha value is -2.34. The van der Waals surface area contributed by atoms with E-state index in [9.17, 15) is 13.2 Å². The molecule has 1 amide bonds. The molecule has 2 aromatic carbocycles. The van der Waals surface area contributed by atoms with Gasteiger partial charge in [-0.1, -0.05) is 37.3 Å². The number of carbonyl (C=O) groups is 1. The average molecular weight is 387 g/mol. The van der Waals surface area contributed by atoms with Gasteiger partial charge in [0.25, 0.3) is 10.0 Å². The number of hydrogen-bond acceptors (Lipinski definition) is 3. The van der Waals surface area contributed by atoms with Gasteiger partial charge in [-0.15, -0.1) is 0 Å².